The van der Waals surface area contributed by atoms with Gasteiger partial charge in [0.1, 0.15) is 17.2 Å². The highest BCUT2D eigenvalue weighted by Gasteiger charge is 2.17. The fourth-order valence-corrected chi connectivity index (χ4v) is 2.37. The molecule has 0 aliphatic heterocycles. The molecule has 3 aromatic rings. The first-order valence-corrected chi connectivity index (χ1v) is 6.71. The van der Waals surface area contributed by atoms with Crippen LogP contribution in [0.5, 0.6) is 17.2 Å². The summed E-state index contributed by atoms with van der Waals surface area (Å²) in [6, 6.07) is 11.7. The Morgan fingerprint density at radius 1 is 1.05 bits per heavy atom. The molecule has 0 saturated carbocycles. The van der Waals surface area contributed by atoms with E-state index in [2.05, 4.69) is 4.98 Å². The van der Waals surface area contributed by atoms with Gasteiger partial charge in [0.2, 0.25) is 5.78 Å². The molecule has 0 aliphatic rings. The van der Waals surface area contributed by atoms with Gasteiger partial charge in [0.05, 0.1) is 25.5 Å². The van der Waals surface area contributed by atoms with E-state index < -0.39 is 0 Å². The van der Waals surface area contributed by atoms with Crippen molar-refractivity contribution < 1.29 is 19.4 Å². The fraction of sp³-hybridized carbons (Fsp3) is 0.118. The number of nitrogens with one attached hydrogen (secondary N) is 1. The lowest BCUT2D eigenvalue weighted by atomic mass is 10.1. The molecular formula is C17H15NO4. The van der Waals surface area contributed by atoms with Gasteiger partial charge in [-0.05, 0) is 36.4 Å². The first-order valence-electron chi connectivity index (χ1n) is 6.71. The van der Waals surface area contributed by atoms with Crippen molar-refractivity contribution in [3.63, 3.8) is 0 Å². The lowest BCUT2D eigenvalue weighted by Crippen LogP contribution is -2.04. The van der Waals surface area contributed by atoms with Crippen molar-refractivity contribution in [3.8, 4) is 17.2 Å². The minimum Gasteiger partial charge on any atom is -0.508 e. The molecule has 0 aliphatic carbocycles. The van der Waals surface area contributed by atoms with E-state index in [1.54, 1.807) is 19.2 Å². The van der Waals surface area contributed by atoms with Gasteiger partial charge >= 0.3 is 0 Å². The van der Waals surface area contributed by atoms with Crippen LogP contribution in [0.4, 0.5) is 0 Å². The summed E-state index contributed by atoms with van der Waals surface area (Å²) in [5, 5.41) is 10.4. The third-order valence-corrected chi connectivity index (χ3v) is 3.50. The van der Waals surface area contributed by atoms with E-state index in [1.807, 2.05) is 18.2 Å². The molecule has 2 N–H and O–H groups in total. The number of hydrogen-bond donors (Lipinski definition) is 2. The molecule has 0 spiro atoms. The van der Waals surface area contributed by atoms with Crippen LogP contribution in [0.2, 0.25) is 0 Å². The summed E-state index contributed by atoms with van der Waals surface area (Å²) < 4.78 is 10.3. The molecule has 5 heteroatoms. The van der Waals surface area contributed by atoms with Gasteiger partial charge in [-0.25, -0.2) is 0 Å². The Morgan fingerprint density at radius 3 is 2.59 bits per heavy atom. The summed E-state index contributed by atoms with van der Waals surface area (Å²) in [5.41, 5.74) is 1.69. The van der Waals surface area contributed by atoms with Gasteiger partial charge in [0.25, 0.3) is 0 Å². The summed E-state index contributed by atoms with van der Waals surface area (Å²) in [6.45, 7) is 0. The molecule has 3 rings (SSSR count). The second-order valence-corrected chi connectivity index (χ2v) is 4.85. The number of fused-ring (bicyclic) bond motifs is 1. The molecule has 0 radical (unpaired) electrons. The maximum Gasteiger partial charge on any atom is 0.212 e. The van der Waals surface area contributed by atoms with Crippen molar-refractivity contribution in [1.82, 2.24) is 4.98 Å². The van der Waals surface area contributed by atoms with Gasteiger partial charge in [0, 0.05) is 17.0 Å². The number of phenols is 1. The Bertz CT molecular complexity index is 851. The van der Waals surface area contributed by atoms with Crippen LogP contribution in [0.15, 0.2) is 42.5 Å². The fourth-order valence-electron chi connectivity index (χ4n) is 2.37. The summed E-state index contributed by atoms with van der Waals surface area (Å²) in [7, 11) is 3.06. The molecule has 5 nitrogen and oxygen atoms in total. The molecule has 0 atom stereocenters. The number of aromatic nitrogens is 1. The number of ketones is 1. The van der Waals surface area contributed by atoms with Crippen LogP contribution in [0.25, 0.3) is 10.9 Å². The molecule has 1 heterocycles. The minimum atomic E-state index is -0.202. The number of carbonyl (C=O) groups is 1. The van der Waals surface area contributed by atoms with Crippen LogP contribution >= 0.6 is 0 Å². The average Bonchev–Trinajstić information content (AvgIpc) is 2.96. The van der Waals surface area contributed by atoms with E-state index in [-0.39, 0.29) is 11.5 Å². The van der Waals surface area contributed by atoms with Crippen LogP contribution in [-0.2, 0) is 0 Å². The van der Waals surface area contributed by atoms with Crippen LogP contribution in [0.1, 0.15) is 16.1 Å². The molecule has 0 saturated heterocycles. The summed E-state index contributed by atoms with van der Waals surface area (Å²) in [6.07, 6.45) is 0. The molecule has 0 unspecified atom stereocenters. The summed E-state index contributed by atoms with van der Waals surface area (Å²) >= 11 is 0. The van der Waals surface area contributed by atoms with Crippen LogP contribution < -0.4 is 9.47 Å². The summed E-state index contributed by atoms with van der Waals surface area (Å²) in [4.78, 5) is 15.7. The predicted octanol–water partition coefficient (Wildman–Crippen LogP) is 3.12. The lowest BCUT2D eigenvalue weighted by molar-refractivity contribution is 0.103. The van der Waals surface area contributed by atoms with Crippen LogP contribution in [0.3, 0.4) is 0 Å². The topological polar surface area (TPSA) is 71.6 Å². The van der Waals surface area contributed by atoms with E-state index in [1.165, 1.54) is 19.2 Å². The van der Waals surface area contributed by atoms with Crippen molar-refractivity contribution in [2.24, 2.45) is 0 Å². The van der Waals surface area contributed by atoms with Crippen molar-refractivity contribution >= 4 is 16.7 Å². The SMILES string of the molecule is COc1ccc2[nH]c(C(=O)c3ccc(O)cc3OC)cc2c1. The first-order chi connectivity index (χ1) is 10.6. The average molecular weight is 297 g/mol. The third kappa shape index (κ3) is 2.37. The Balaban J connectivity index is 2.05. The van der Waals surface area contributed by atoms with Crippen molar-refractivity contribution in [2.45, 2.75) is 0 Å². The molecule has 0 amide bonds. The Hall–Kier alpha value is -2.95. The number of ether oxygens (including phenoxy) is 2. The molecule has 112 valence electrons. The number of carbonyl (C=O) groups excluding carboxylic acids is 1. The monoisotopic (exact) mass is 297 g/mol. The van der Waals surface area contributed by atoms with E-state index in [0.717, 1.165) is 16.7 Å². The maximum atomic E-state index is 12.6. The van der Waals surface area contributed by atoms with Gasteiger partial charge in [0.15, 0.2) is 0 Å². The number of benzene rings is 2. The zero-order valence-corrected chi connectivity index (χ0v) is 12.2. The predicted molar refractivity (Wildman–Crippen MR) is 82.9 cm³/mol. The van der Waals surface area contributed by atoms with E-state index in [4.69, 9.17) is 9.47 Å². The van der Waals surface area contributed by atoms with Crippen LogP contribution in [0, 0.1) is 0 Å². The molecule has 0 fully saturated rings. The number of methoxy groups -OCH3 is 2. The second-order valence-electron chi connectivity index (χ2n) is 4.85. The van der Waals surface area contributed by atoms with Gasteiger partial charge in [-0.15, -0.1) is 0 Å². The van der Waals surface area contributed by atoms with E-state index in [0.29, 0.717) is 17.0 Å². The molecule has 22 heavy (non-hydrogen) atoms. The normalized spacial score (nSPS) is 10.6. The number of aromatic amines is 1. The van der Waals surface area contributed by atoms with Gasteiger partial charge in [-0.1, -0.05) is 0 Å². The highest BCUT2D eigenvalue weighted by molar-refractivity contribution is 6.11. The standard InChI is InChI=1S/C17H15NO4/c1-21-12-4-6-14-10(7-12)8-15(18-14)17(20)13-5-3-11(19)9-16(13)22-2/h3-9,18-19H,1-2H3. The number of H-pyrrole nitrogens is 1. The molecule has 2 aromatic carbocycles. The van der Waals surface area contributed by atoms with Crippen LogP contribution in [-0.4, -0.2) is 30.1 Å². The Labute approximate surface area is 127 Å². The van der Waals surface area contributed by atoms with Gasteiger partial charge in [-0.3, -0.25) is 4.79 Å². The number of aromatic hydroxyl groups is 1. The molecular weight excluding hydrogens is 282 g/mol. The van der Waals surface area contributed by atoms with Crippen molar-refractivity contribution in [1.29, 1.82) is 0 Å². The van der Waals surface area contributed by atoms with E-state index in [9.17, 15) is 9.90 Å². The highest BCUT2D eigenvalue weighted by atomic mass is 16.5. The van der Waals surface area contributed by atoms with Gasteiger partial charge in [-0.2, -0.15) is 0 Å². The maximum absolute atomic E-state index is 12.6. The molecule has 1 aromatic heterocycles. The molecule has 0 bridgehead atoms. The third-order valence-electron chi connectivity index (χ3n) is 3.50. The first kappa shape index (κ1) is 14.0. The second kappa shape index (κ2) is 5.44. The number of rotatable bonds is 4. The smallest absolute Gasteiger partial charge is 0.212 e. The number of hydrogen-bond acceptors (Lipinski definition) is 4. The lowest BCUT2D eigenvalue weighted by Gasteiger charge is -2.06. The number of phenolic OH excluding ortho intramolecular Hbond substituents is 1. The zero-order valence-electron chi connectivity index (χ0n) is 12.2. The largest absolute Gasteiger partial charge is 0.508 e. The highest BCUT2D eigenvalue weighted by Crippen LogP contribution is 2.28. The minimum absolute atomic E-state index is 0.0507. The summed E-state index contributed by atoms with van der Waals surface area (Å²) in [5.74, 6) is 0.913. The zero-order chi connectivity index (χ0) is 15.7. The quantitative estimate of drug-likeness (QED) is 0.726. The Morgan fingerprint density at radius 2 is 1.86 bits per heavy atom. The van der Waals surface area contributed by atoms with Crippen molar-refractivity contribution in [2.75, 3.05) is 14.2 Å². The Kier molecular flexibility index (Phi) is 3.47. The van der Waals surface area contributed by atoms with E-state index >= 15 is 0 Å². The van der Waals surface area contributed by atoms with Gasteiger partial charge < -0.3 is 19.6 Å². The van der Waals surface area contributed by atoms with Crippen molar-refractivity contribution in [3.05, 3.63) is 53.7 Å².